The molecule has 1 rings (SSSR count). The van der Waals surface area contributed by atoms with E-state index < -0.39 is 0 Å². The summed E-state index contributed by atoms with van der Waals surface area (Å²) < 4.78 is 1.06. The van der Waals surface area contributed by atoms with Crippen LogP contribution in [0, 0.1) is 0 Å². The minimum absolute atomic E-state index is 0.234. The van der Waals surface area contributed by atoms with Crippen molar-refractivity contribution in [3.63, 3.8) is 0 Å². The van der Waals surface area contributed by atoms with Crippen LogP contribution in [0.1, 0.15) is 24.2 Å². The molecule has 0 saturated heterocycles. The molecule has 0 unspecified atom stereocenters. The molecule has 0 heterocycles. The summed E-state index contributed by atoms with van der Waals surface area (Å²) in [5.41, 5.74) is 0.830. The Morgan fingerprint density at radius 2 is 1.88 bits per heavy atom. The van der Waals surface area contributed by atoms with Crippen molar-refractivity contribution in [3.8, 4) is 0 Å². The van der Waals surface area contributed by atoms with Crippen LogP contribution in [0.15, 0.2) is 39.8 Å². The van der Waals surface area contributed by atoms with Crippen LogP contribution in [-0.2, 0) is 0 Å². The van der Waals surface area contributed by atoms with E-state index in [0.29, 0.717) is 29.9 Å². The first kappa shape index (κ1) is 13.7. The Hall–Kier alpha value is -0.331. The molecule has 0 atom stereocenters. The molecule has 0 radical (unpaired) electrons. The van der Waals surface area contributed by atoms with Gasteiger partial charge in [0.15, 0.2) is 0 Å². The second-order valence-electron chi connectivity index (χ2n) is 3.07. The van der Waals surface area contributed by atoms with Gasteiger partial charge in [0.1, 0.15) is 0 Å². The predicted molar refractivity (Wildman–Crippen MR) is 71.3 cm³/mol. The van der Waals surface area contributed by atoms with Gasteiger partial charge in [-0.1, -0.05) is 0 Å². The van der Waals surface area contributed by atoms with Crippen molar-refractivity contribution in [1.82, 2.24) is 0 Å². The zero-order valence-electron chi connectivity index (χ0n) is 9.60. The van der Waals surface area contributed by atoms with E-state index in [1.54, 1.807) is 0 Å². The summed E-state index contributed by atoms with van der Waals surface area (Å²) in [6.07, 6.45) is 0. The van der Waals surface area contributed by atoms with Gasteiger partial charge in [0.2, 0.25) is 0 Å². The summed E-state index contributed by atoms with van der Waals surface area (Å²) in [6, 6.07) is 9.60. The van der Waals surface area contributed by atoms with Crippen LogP contribution in [0.3, 0.4) is 0 Å². The Morgan fingerprint density at radius 3 is 2.44 bits per heavy atom. The van der Waals surface area contributed by atoms with E-state index in [9.17, 15) is 4.79 Å². The van der Waals surface area contributed by atoms with E-state index >= 15 is 0 Å². The Kier molecular flexibility index (Phi) is 6.75. The molecule has 1 aromatic carbocycles. The second-order valence-corrected chi connectivity index (χ2v) is 8.21. The quantitative estimate of drug-likeness (QED) is 0.440. The summed E-state index contributed by atoms with van der Waals surface area (Å²) in [6.45, 7) is 4.31. The third kappa shape index (κ3) is 4.27. The molecule has 0 aliphatic carbocycles. The molecular formula is C13H16OSe2. The summed E-state index contributed by atoms with van der Waals surface area (Å²) in [4.78, 5) is 14.4. The van der Waals surface area contributed by atoms with Crippen LogP contribution in [0.2, 0.25) is 10.6 Å². The number of hydrogen-bond acceptors (Lipinski definition) is 1. The fourth-order valence-corrected chi connectivity index (χ4v) is 4.89. The number of hydrogen-bond donors (Lipinski definition) is 0. The van der Waals surface area contributed by atoms with Gasteiger partial charge in [-0.3, -0.25) is 0 Å². The first-order chi connectivity index (χ1) is 7.79. The average molecular weight is 346 g/mol. The topological polar surface area (TPSA) is 17.1 Å². The molecule has 0 spiro atoms. The number of carbonyl (C=O) groups excluding carboxylic acids is 1. The van der Waals surface area contributed by atoms with E-state index in [1.807, 2.05) is 30.3 Å². The van der Waals surface area contributed by atoms with Crippen LogP contribution in [0.5, 0.6) is 0 Å². The first-order valence-electron chi connectivity index (χ1n) is 5.33. The maximum absolute atomic E-state index is 12.2. The summed E-state index contributed by atoms with van der Waals surface area (Å²) in [5, 5.41) is 2.26. The van der Waals surface area contributed by atoms with Gasteiger partial charge in [-0.2, -0.15) is 0 Å². The third-order valence-electron chi connectivity index (χ3n) is 1.92. The van der Waals surface area contributed by atoms with Gasteiger partial charge in [0, 0.05) is 0 Å². The molecule has 1 nitrogen and oxygen atoms in total. The number of allylic oxidation sites excluding steroid dienone is 1. The molecule has 0 saturated carbocycles. The molecule has 0 fully saturated rings. The molecule has 1 aromatic rings. The fraction of sp³-hybridized carbons (Fsp3) is 0.308. The van der Waals surface area contributed by atoms with Crippen molar-refractivity contribution in [1.29, 1.82) is 0 Å². The molecule has 0 aliphatic heterocycles. The van der Waals surface area contributed by atoms with E-state index in [4.69, 9.17) is 0 Å². The fourth-order valence-electron chi connectivity index (χ4n) is 1.20. The van der Waals surface area contributed by atoms with Crippen LogP contribution >= 0.6 is 0 Å². The molecule has 0 N–H and O–H groups in total. The molecule has 0 aliphatic rings. The van der Waals surface area contributed by atoms with Crippen LogP contribution in [0.25, 0.3) is 0 Å². The Morgan fingerprint density at radius 1 is 1.19 bits per heavy atom. The van der Waals surface area contributed by atoms with Crippen LogP contribution in [0.4, 0.5) is 0 Å². The Bertz CT molecular complexity index is 357. The maximum atomic E-state index is 12.2. The van der Waals surface area contributed by atoms with E-state index in [0.717, 1.165) is 15.4 Å². The number of ketones is 1. The molecule has 0 amide bonds. The molecule has 86 valence electrons. The average Bonchev–Trinajstić information content (AvgIpc) is 2.35. The standard InChI is InChI=1S/C13H16OSe2/c1-3-15-10-12(16-4-2)13(14)11-8-6-5-7-9-11/h5-10H,3-4H2,1-2H3/b12-10-. The zero-order chi connectivity index (χ0) is 11.8. The number of Topliss-reactive ketones (excluding diaryl/α,β-unsaturated/α-hetero) is 1. The van der Waals surface area contributed by atoms with E-state index in [-0.39, 0.29) is 5.78 Å². The van der Waals surface area contributed by atoms with Crippen molar-refractivity contribution in [2.45, 2.75) is 24.5 Å². The van der Waals surface area contributed by atoms with E-state index in [2.05, 4.69) is 18.8 Å². The van der Waals surface area contributed by atoms with Crippen molar-refractivity contribution >= 4 is 35.7 Å². The van der Waals surface area contributed by atoms with Crippen molar-refractivity contribution in [2.75, 3.05) is 0 Å². The van der Waals surface area contributed by atoms with Gasteiger partial charge < -0.3 is 0 Å². The number of benzene rings is 1. The minimum atomic E-state index is 0.234. The predicted octanol–water partition coefficient (Wildman–Crippen LogP) is 3.00. The third-order valence-corrected chi connectivity index (χ3v) is 6.11. The SMILES string of the molecule is CC[Se]/C=C(\[Se]CC)C(=O)c1ccccc1. The normalized spacial score (nSPS) is 11.5. The Balaban J connectivity index is 2.83. The van der Waals surface area contributed by atoms with Gasteiger partial charge in [0.05, 0.1) is 0 Å². The van der Waals surface area contributed by atoms with Crippen LogP contribution < -0.4 is 0 Å². The zero-order valence-corrected chi connectivity index (χ0v) is 13.0. The van der Waals surface area contributed by atoms with Gasteiger partial charge in [0.25, 0.3) is 0 Å². The van der Waals surface area contributed by atoms with Gasteiger partial charge in [-0.25, -0.2) is 0 Å². The van der Waals surface area contributed by atoms with Crippen molar-refractivity contribution < 1.29 is 4.79 Å². The van der Waals surface area contributed by atoms with E-state index in [1.165, 1.54) is 5.32 Å². The monoisotopic (exact) mass is 348 g/mol. The van der Waals surface area contributed by atoms with Crippen LogP contribution in [-0.4, -0.2) is 35.7 Å². The van der Waals surface area contributed by atoms with Gasteiger partial charge in [-0.15, -0.1) is 0 Å². The summed E-state index contributed by atoms with van der Waals surface area (Å²) in [7, 11) is 0. The first-order valence-corrected chi connectivity index (χ1v) is 9.60. The Labute approximate surface area is 110 Å². The molecule has 16 heavy (non-hydrogen) atoms. The van der Waals surface area contributed by atoms with Crippen molar-refractivity contribution in [3.05, 3.63) is 45.3 Å². The van der Waals surface area contributed by atoms with Crippen molar-refractivity contribution in [2.24, 2.45) is 0 Å². The second kappa shape index (κ2) is 7.86. The number of carbonyl (C=O) groups is 1. The summed E-state index contributed by atoms with van der Waals surface area (Å²) in [5.74, 6) is 0.234. The number of rotatable bonds is 6. The van der Waals surface area contributed by atoms with Gasteiger partial charge >= 0.3 is 110 Å². The molecule has 3 heteroatoms. The molecular weight excluding hydrogens is 330 g/mol. The summed E-state index contributed by atoms with van der Waals surface area (Å²) >= 11 is 0.820. The molecule has 0 aromatic heterocycles. The molecule has 0 bridgehead atoms. The van der Waals surface area contributed by atoms with Gasteiger partial charge in [-0.05, 0) is 0 Å².